The average molecular weight is 216 g/mol. The highest BCUT2D eigenvalue weighted by Crippen LogP contribution is 2.10. The van der Waals surface area contributed by atoms with E-state index < -0.39 is 0 Å². The highest BCUT2D eigenvalue weighted by atomic mass is 35.5. The van der Waals surface area contributed by atoms with Crippen molar-refractivity contribution in [2.75, 3.05) is 5.88 Å². The molecule has 0 spiro atoms. The predicted molar refractivity (Wildman–Crippen MR) is 55.3 cm³/mol. The van der Waals surface area contributed by atoms with E-state index >= 15 is 0 Å². The number of rotatable bonds is 4. The first-order valence-electron chi connectivity index (χ1n) is 3.93. The van der Waals surface area contributed by atoms with Crippen molar-refractivity contribution in [1.29, 1.82) is 0 Å². The Morgan fingerprint density at radius 3 is 2.38 bits per heavy atom. The summed E-state index contributed by atoms with van der Waals surface area (Å²) < 4.78 is 0. The van der Waals surface area contributed by atoms with Crippen LogP contribution in [0.15, 0.2) is 24.3 Å². The monoisotopic (exact) mass is 215 g/mol. The Morgan fingerprint density at radius 1 is 1.31 bits per heavy atom. The van der Waals surface area contributed by atoms with Crippen molar-refractivity contribution < 1.29 is 4.79 Å². The zero-order chi connectivity index (χ0) is 9.68. The molecule has 0 aliphatic rings. The van der Waals surface area contributed by atoms with Gasteiger partial charge in [0.1, 0.15) is 0 Å². The van der Waals surface area contributed by atoms with Crippen LogP contribution in [0.2, 0.25) is 0 Å². The largest absolute Gasteiger partial charge is 0.285 e. The van der Waals surface area contributed by atoms with Gasteiger partial charge in [0, 0.05) is 11.4 Å². The molecule has 1 aromatic rings. The summed E-state index contributed by atoms with van der Waals surface area (Å²) in [5.41, 5.74) is 1.64. The molecule has 1 unspecified atom stereocenters. The molecular formula is C10H9Cl2O. The van der Waals surface area contributed by atoms with E-state index in [1.807, 2.05) is 18.4 Å². The zero-order valence-corrected chi connectivity index (χ0v) is 8.48. The Morgan fingerprint density at radius 2 is 1.92 bits per heavy atom. The lowest BCUT2D eigenvalue weighted by molar-refractivity contribution is 0.563. The van der Waals surface area contributed by atoms with Crippen molar-refractivity contribution in [1.82, 2.24) is 0 Å². The van der Waals surface area contributed by atoms with Gasteiger partial charge in [0.15, 0.2) is 0 Å². The van der Waals surface area contributed by atoms with Gasteiger partial charge < -0.3 is 0 Å². The summed E-state index contributed by atoms with van der Waals surface area (Å²) in [6.45, 7) is 0. The van der Waals surface area contributed by atoms with E-state index in [1.165, 1.54) is 0 Å². The summed E-state index contributed by atoms with van der Waals surface area (Å²) in [5.74, 6) is 0.434. The summed E-state index contributed by atoms with van der Waals surface area (Å²) in [5, 5.41) is -0.0484. The van der Waals surface area contributed by atoms with E-state index in [-0.39, 0.29) is 5.38 Å². The molecule has 0 saturated carbocycles. The lowest BCUT2D eigenvalue weighted by atomic mass is 10.1. The second-order valence-corrected chi connectivity index (χ2v) is 3.68. The number of halogens is 2. The normalized spacial score (nSPS) is 12.5. The molecule has 13 heavy (non-hydrogen) atoms. The Labute approximate surface area is 87.7 Å². The Hall–Kier alpha value is -0.530. The first-order valence-corrected chi connectivity index (χ1v) is 4.90. The van der Waals surface area contributed by atoms with E-state index in [4.69, 9.17) is 23.2 Å². The van der Waals surface area contributed by atoms with Gasteiger partial charge in [0.2, 0.25) is 6.29 Å². The van der Waals surface area contributed by atoms with Gasteiger partial charge in [-0.25, -0.2) is 0 Å². The third-order valence-electron chi connectivity index (χ3n) is 1.70. The molecule has 1 radical (unpaired) electrons. The maximum atomic E-state index is 10.2. The van der Waals surface area contributed by atoms with Gasteiger partial charge in [0.05, 0.1) is 5.38 Å². The number of hydrogen-bond donors (Lipinski definition) is 0. The van der Waals surface area contributed by atoms with Crippen molar-refractivity contribution in [3.8, 4) is 0 Å². The maximum absolute atomic E-state index is 10.2. The molecule has 1 aromatic carbocycles. The summed E-state index contributed by atoms with van der Waals surface area (Å²) in [4.78, 5) is 10.2. The van der Waals surface area contributed by atoms with Crippen LogP contribution in [0.25, 0.3) is 0 Å². The minimum atomic E-state index is -0.0484. The molecule has 0 amide bonds. The molecule has 1 atom stereocenters. The quantitative estimate of drug-likeness (QED) is 0.706. The third-order valence-corrected chi connectivity index (χ3v) is 2.54. The standard InChI is InChI=1S/C10H9Cl2O/c11-6-10(12)5-8-1-3-9(7-13)4-2-8/h1-4,10H,5-6H2. The fourth-order valence-corrected chi connectivity index (χ4v) is 1.31. The van der Waals surface area contributed by atoms with E-state index in [0.717, 1.165) is 12.0 Å². The lowest BCUT2D eigenvalue weighted by Crippen LogP contribution is -2.04. The van der Waals surface area contributed by atoms with Crippen LogP contribution in [0.4, 0.5) is 0 Å². The molecule has 1 rings (SSSR count). The van der Waals surface area contributed by atoms with Crippen molar-refractivity contribution in [3.63, 3.8) is 0 Å². The van der Waals surface area contributed by atoms with Crippen LogP contribution in [-0.4, -0.2) is 17.5 Å². The smallest absolute Gasteiger partial charge is 0.233 e. The second-order valence-electron chi connectivity index (χ2n) is 2.75. The highest BCUT2D eigenvalue weighted by Gasteiger charge is 2.03. The van der Waals surface area contributed by atoms with Gasteiger partial charge in [-0.2, -0.15) is 0 Å². The third kappa shape index (κ3) is 3.37. The van der Waals surface area contributed by atoms with Crippen LogP contribution in [0.5, 0.6) is 0 Å². The SMILES string of the molecule is O=[C]c1ccc(CC(Cl)CCl)cc1. The van der Waals surface area contributed by atoms with Crippen LogP contribution < -0.4 is 0 Å². The number of hydrogen-bond acceptors (Lipinski definition) is 1. The number of carbonyl (C=O) groups excluding carboxylic acids is 1. The highest BCUT2D eigenvalue weighted by molar-refractivity contribution is 6.28. The molecule has 0 fully saturated rings. The molecule has 3 heteroatoms. The lowest BCUT2D eigenvalue weighted by Gasteiger charge is -2.04. The van der Waals surface area contributed by atoms with Gasteiger partial charge in [0.25, 0.3) is 0 Å². The van der Waals surface area contributed by atoms with E-state index in [0.29, 0.717) is 11.4 Å². The fourth-order valence-electron chi connectivity index (χ4n) is 1.02. The molecule has 0 N–H and O–H groups in total. The average Bonchev–Trinajstić information content (AvgIpc) is 2.19. The minimum absolute atomic E-state index is 0.0484. The molecule has 0 saturated heterocycles. The van der Waals surface area contributed by atoms with E-state index in [9.17, 15) is 4.79 Å². The molecule has 0 aromatic heterocycles. The fraction of sp³-hybridized carbons (Fsp3) is 0.300. The van der Waals surface area contributed by atoms with Gasteiger partial charge in [-0.1, -0.05) is 24.3 Å². The van der Waals surface area contributed by atoms with Crippen molar-refractivity contribution >= 4 is 29.5 Å². The summed E-state index contributed by atoms with van der Waals surface area (Å²) in [7, 11) is 0. The Kier molecular flexibility index (Phi) is 4.26. The predicted octanol–water partition coefficient (Wildman–Crippen LogP) is 2.53. The summed E-state index contributed by atoms with van der Waals surface area (Å²) >= 11 is 11.4. The van der Waals surface area contributed by atoms with Crippen LogP contribution >= 0.6 is 23.2 Å². The van der Waals surface area contributed by atoms with Gasteiger partial charge >= 0.3 is 0 Å². The van der Waals surface area contributed by atoms with Crippen molar-refractivity contribution in [2.24, 2.45) is 0 Å². The van der Waals surface area contributed by atoms with Crippen molar-refractivity contribution in [2.45, 2.75) is 11.8 Å². The maximum Gasteiger partial charge on any atom is 0.233 e. The molecular weight excluding hydrogens is 207 g/mol. The van der Waals surface area contributed by atoms with Crippen molar-refractivity contribution in [3.05, 3.63) is 35.4 Å². The van der Waals surface area contributed by atoms with Gasteiger partial charge in [-0.05, 0) is 12.0 Å². The molecule has 1 nitrogen and oxygen atoms in total. The topological polar surface area (TPSA) is 17.1 Å². The van der Waals surface area contributed by atoms with Gasteiger partial charge in [-0.15, -0.1) is 23.2 Å². The van der Waals surface area contributed by atoms with Crippen LogP contribution in [0.3, 0.4) is 0 Å². The van der Waals surface area contributed by atoms with Crippen LogP contribution in [-0.2, 0) is 11.2 Å². The molecule has 0 heterocycles. The summed E-state index contributed by atoms with van der Waals surface area (Å²) in [6, 6.07) is 7.17. The molecule has 0 aliphatic carbocycles. The minimum Gasteiger partial charge on any atom is -0.285 e. The Balaban J connectivity index is 2.63. The Bertz CT molecular complexity index is 269. The number of benzene rings is 1. The first kappa shape index (κ1) is 10.6. The molecule has 0 aliphatic heterocycles. The van der Waals surface area contributed by atoms with E-state index in [2.05, 4.69) is 0 Å². The van der Waals surface area contributed by atoms with E-state index in [1.54, 1.807) is 12.1 Å². The van der Waals surface area contributed by atoms with Crippen LogP contribution in [0, 0.1) is 0 Å². The second kappa shape index (κ2) is 5.25. The summed E-state index contributed by atoms with van der Waals surface area (Å²) in [6.07, 6.45) is 2.54. The molecule has 0 bridgehead atoms. The van der Waals surface area contributed by atoms with Crippen LogP contribution in [0.1, 0.15) is 11.1 Å². The van der Waals surface area contributed by atoms with Gasteiger partial charge in [-0.3, -0.25) is 4.79 Å². The number of alkyl halides is 2. The first-order chi connectivity index (χ1) is 6.26. The zero-order valence-electron chi connectivity index (χ0n) is 6.97. The molecule has 69 valence electrons.